The van der Waals surface area contributed by atoms with Crippen LogP contribution in [0.1, 0.15) is 41.5 Å². The van der Waals surface area contributed by atoms with Crippen molar-refractivity contribution in [2.24, 2.45) is 17.8 Å². The second-order valence-corrected chi connectivity index (χ2v) is 10.5. The summed E-state index contributed by atoms with van der Waals surface area (Å²) in [5.41, 5.74) is 0. The molecule has 0 aromatic heterocycles. The van der Waals surface area contributed by atoms with Gasteiger partial charge in [0.2, 0.25) is 0 Å². The van der Waals surface area contributed by atoms with Crippen molar-refractivity contribution in [1.29, 1.82) is 0 Å². The highest BCUT2D eigenvalue weighted by Gasteiger charge is 2.29. The molecule has 0 aromatic carbocycles. The van der Waals surface area contributed by atoms with Gasteiger partial charge in [-0.25, -0.2) is 0 Å². The first-order chi connectivity index (χ1) is 6.25. The van der Waals surface area contributed by atoms with Crippen molar-refractivity contribution in [3.63, 3.8) is 0 Å². The third-order valence-corrected chi connectivity index (χ3v) is 7.57. The average Bonchev–Trinajstić information content (AvgIpc) is 1.76. The summed E-state index contributed by atoms with van der Waals surface area (Å²) in [4.78, 5) is 0. The van der Waals surface area contributed by atoms with Crippen LogP contribution in [0.25, 0.3) is 0 Å². The van der Waals surface area contributed by atoms with Crippen molar-refractivity contribution in [2.75, 3.05) is 0 Å². The molecule has 1 radical (unpaired) electrons. The molecule has 0 rings (SSSR count). The van der Waals surface area contributed by atoms with E-state index in [9.17, 15) is 0 Å². The Morgan fingerprint density at radius 1 is 0.714 bits per heavy atom. The van der Waals surface area contributed by atoms with Crippen molar-refractivity contribution in [3.05, 3.63) is 6.55 Å². The van der Waals surface area contributed by atoms with Crippen LogP contribution in [0.2, 0.25) is 18.1 Å². The third kappa shape index (κ3) is 6.64. The highest BCUT2D eigenvalue weighted by atomic mass is 28.3. The van der Waals surface area contributed by atoms with Gasteiger partial charge in [-0.15, -0.1) is 0 Å². The topological polar surface area (TPSA) is 0 Å². The summed E-state index contributed by atoms with van der Waals surface area (Å²) < 4.78 is 0. The molecule has 0 unspecified atom stereocenters. The molecule has 1 heteroatoms. The fourth-order valence-electron chi connectivity index (χ4n) is 2.85. The van der Waals surface area contributed by atoms with Crippen molar-refractivity contribution < 1.29 is 0 Å². The van der Waals surface area contributed by atoms with Crippen LogP contribution in [-0.4, -0.2) is 8.07 Å². The minimum absolute atomic E-state index is 0.830. The van der Waals surface area contributed by atoms with Gasteiger partial charge >= 0.3 is 0 Å². The lowest BCUT2D eigenvalue weighted by molar-refractivity contribution is 0.648. The zero-order valence-corrected chi connectivity index (χ0v) is 12.1. The Hall–Kier alpha value is 0.217. The molecule has 0 aliphatic carbocycles. The van der Waals surface area contributed by atoms with E-state index in [-0.39, 0.29) is 0 Å². The molecule has 0 saturated carbocycles. The predicted molar refractivity (Wildman–Crippen MR) is 70.0 cm³/mol. The molecule has 0 aromatic rings. The maximum absolute atomic E-state index is 4.63. The molecule has 0 aliphatic rings. The minimum Gasteiger partial charge on any atom is -0.0630 e. The van der Waals surface area contributed by atoms with E-state index < -0.39 is 8.07 Å². The van der Waals surface area contributed by atoms with Crippen LogP contribution < -0.4 is 0 Å². The number of rotatable bonds is 6. The van der Waals surface area contributed by atoms with E-state index in [1.807, 2.05) is 0 Å². The highest BCUT2D eigenvalue weighted by Crippen LogP contribution is 2.30. The van der Waals surface area contributed by atoms with Gasteiger partial charge in [-0.3, -0.25) is 0 Å². The highest BCUT2D eigenvalue weighted by molar-refractivity contribution is 6.81. The molecule has 0 spiro atoms. The second-order valence-electron chi connectivity index (χ2n) is 6.29. The van der Waals surface area contributed by atoms with E-state index in [1.165, 1.54) is 18.1 Å². The molecule has 0 atom stereocenters. The Labute approximate surface area is 92.5 Å². The molecule has 14 heavy (non-hydrogen) atoms. The quantitative estimate of drug-likeness (QED) is 0.557. The van der Waals surface area contributed by atoms with Crippen molar-refractivity contribution in [1.82, 2.24) is 0 Å². The van der Waals surface area contributed by atoms with E-state index in [1.54, 1.807) is 0 Å². The van der Waals surface area contributed by atoms with Gasteiger partial charge in [0, 0.05) is 0 Å². The van der Waals surface area contributed by atoms with Gasteiger partial charge in [-0.1, -0.05) is 66.2 Å². The summed E-state index contributed by atoms with van der Waals surface area (Å²) in [6, 6.07) is 4.22. The monoisotopic (exact) mass is 213 g/mol. The molecule has 0 amide bonds. The van der Waals surface area contributed by atoms with Crippen molar-refractivity contribution >= 4 is 8.07 Å². The molecular weight excluding hydrogens is 184 g/mol. The summed E-state index contributed by atoms with van der Waals surface area (Å²) in [5, 5.41) is 0. The van der Waals surface area contributed by atoms with E-state index in [0.717, 1.165) is 17.8 Å². The molecule has 0 bridgehead atoms. The zero-order valence-electron chi connectivity index (χ0n) is 11.1. The maximum Gasteiger partial charge on any atom is 0.0540 e. The first-order valence-corrected chi connectivity index (χ1v) is 8.93. The van der Waals surface area contributed by atoms with Gasteiger partial charge in [0.1, 0.15) is 0 Å². The van der Waals surface area contributed by atoms with Crippen LogP contribution in [-0.2, 0) is 0 Å². The molecule has 0 nitrogen and oxygen atoms in total. The summed E-state index contributed by atoms with van der Waals surface area (Å²) in [6.45, 7) is 18.7. The van der Waals surface area contributed by atoms with Crippen LogP contribution in [0, 0.1) is 24.3 Å². The molecule has 0 aliphatic heterocycles. The van der Waals surface area contributed by atoms with Crippen LogP contribution in [0.5, 0.6) is 0 Å². The van der Waals surface area contributed by atoms with E-state index in [2.05, 4.69) is 48.1 Å². The van der Waals surface area contributed by atoms with Gasteiger partial charge in [-0.05, 0) is 17.8 Å². The summed E-state index contributed by atoms with van der Waals surface area (Å²) in [5.74, 6) is 2.49. The molecule has 0 saturated heterocycles. The van der Waals surface area contributed by atoms with Crippen LogP contribution >= 0.6 is 0 Å². The average molecular weight is 213 g/mol. The lowest BCUT2D eigenvalue weighted by Gasteiger charge is -2.32. The lowest BCUT2D eigenvalue weighted by atomic mass is 10.2. The Kier molecular flexibility index (Phi) is 6.04. The predicted octanol–water partition coefficient (Wildman–Crippen LogP) is 4.78. The Bertz CT molecular complexity index is 121. The Morgan fingerprint density at radius 3 is 1.07 bits per heavy atom. The Balaban J connectivity index is 4.32. The molecule has 85 valence electrons. The van der Waals surface area contributed by atoms with E-state index in [4.69, 9.17) is 0 Å². The molecular formula is C13H29Si. The third-order valence-electron chi connectivity index (χ3n) is 2.52. The fraction of sp³-hybridized carbons (Fsp3) is 0.923. The van der Waals surface area contributed by atoms with E-state index in [0.29, 0.717) is 0 Å². The van der Waals surface area contributed by atoms with Gasteiger partial charge in [-0.2, -0.15) is 0 Å². The summed E-state index contributed by atoms with van der Waals surface area (Å²) in [6.07, 6.45) is 0. The first-order valence-electron chi connectivity index (χ1n) is 6.10. The van der Waals surface area contributed by atoms with Crippen molar-refractivity contribution in [3.8, 4) is 0 Å². The minimum atomic E-state index is -1.19. The molecule has 0 N–H and O–H groups in total. The standard InChI is InChI=1S/C13H29Si/c1-11(2)8-14(7,9-12(3)4)10-13(5)6/h11-13H,7-10H2,1-6H3. The lowest BCUT2D eigenvalue weighted by Crippen LogP contribution is -2.35. The zero-order chi connectivity index (χ0) is 11.4. The number of hydrogen-bond donors (Lipinski definition) is 0. The Morgan fingerprint density at radius 2 is 0.929 bits per heavy atom. The van der Waals surface area contributed by atoms with E-state index >= 15 is 0 Å². The normalized spacial score (nSPS) is 13.3. The smallest absolute Gasteiger partial charge is 0.0540 e. The van der Waals surface area contributed by atoms with Crippen LogP contribution in [0.3, 0.4) is 0 Å². The van der Waals surface area contributed by atoms with Crippen LogP contribution in [0.4, 0.5) is 0 Å². The van der Waals surface area contributed by atoms with Gasteiger partial charge in [0.25, 0.3) is 0 Å². The second kappa shape index (κ2) is 5.94. The first kappa shape index (κ1) is 14.2. The van der Waals surface area contributed by atoms with Gasteiger partial charge in [0.15, 0.2) is 0 Å². The largest absolute Gasteiger partial charge is 0.0630 e. The summed E-state index contributed by atoms with van der Waals surface area (Å²) >= 11 is 0. The van der Waals surface area contributed by atoms with Crippen molar-refractivity contribution in [2.45, 2.75) is 59.7 Å². The maximum atomic E-state index is 4.63. The number of hydrogen-bond acceptors (Lipinski definition) is 0. The SMILES string of the molecule is [CH2][Si](CC(C)C)(CC(C)C)CC(C)C. The molecule has 0 heterocycles. The summed E-state index contributed by atoms with van der Waals surface area (Å²) in [7, 11) is -1.19. The fourth-order valence-corrected chi connectivity index (χ4v) is 8.54. The van der Waals surface area contributed by atoms with Crippen LogP contribution in [0.15, 0.2) is 0 Å². The molecule has 0 fully saturated rings. The van der Waals surface area contributed by atoms with Gasteiger partial charge in [0.05, 0.1) is 8.07 Å². The van der Waals surface area contributed by atoms with Gasteiger partial charge < -0.3 is 0 Å².